The van der Waals surface area contributed by atoms with Gasteiger partial charge in [-0.15, -0.1) is 0 Å². The molecule has 3 heteroatoms. The van der Waals surface area contributed by atoms with Gasteiger partial charge >= 0.3 is 0 Å². The molecule has 2 aromatic rings. The molecular weight excluding hydrogens is 320 g/mol. The van der Waals surface area contributed by atoms with Gasteiger partial charge in [0.1, 0.15) is 0 Å². The first kappa shape index (κ1) is 18.2. The van der Waals surface area contributed by atoms with E-state index in [1.807, 2.05) is 43.3 Å². The van der Waals surface area contributed by atoms with E-state index in [2.05, 4.69) is 41.4 Å². The monoisotopic (exact) mass is 348 g/mol. The number of carbonyl (C=O) groups is 1. The summed E-state index contributed by atoms with van der Waals surface area (Å²) in [6.45, 7) is 6.62. The number of hydrogen-bond acceptors (Lipinski definition) is 2. The fourth-order valence-electron chi connectivity index (χ4n) is 3.32. The van der Waals surface area contributed by atoms with Crippen LogP contribution in [0, 0.1) is 5.92 Å². The van der Waals surface area contributed by atoms with Crippen molar-refractivity contribution in [3.05, 3.63) is 71.8 Å². The van der Waals surface area contributed by atoms with Crippen molar-refractivity contribution in [3.63, 3.8) is 0 Å². The van der Waals surface area contributed by atoms with Crippen LogP contribution in [0.4, 0.5) is 5.69 Å². The van der Waals surface area contributed by atoms with E-state index in [9.17, 15) is 4.79 Å². The van der Waals surface area contributed by atoms with Gasteiger partial charge in [-0.3, -0.25) is 4.79 Å². The Morgan fingerprint density at radius 1 is 1.08 bits per heavy atom. The van der Waals surface area contributed by atoms with Crippen LogP contribution in [0.5, 0.6) is 0 Å². The van der Waals surface area contributed by atoms with Gasteiger partial charge in [0.15, 0.2) is 0 Å². The summed E-state index contributed by atoms with van der Waals surface area (Å²) in [5, 5.41) is 3.03. The minimum atomic E-state index is -0.0737. The Bertz CT molecular complexity index is 729. The number of nitrogens with zero attached hydrogens (tertiary/aromatic N) is 1. The molecule has 0 aliphatic carbocycles. The van der Waals surface area contributed by atoms with Crippen LogP contribution in [0.1, 0.15) is 43.9 Å². The Morgan fingerprint density at radius 2 is 1.73 bits per heavy atom. The van der Waals surface area contributed by atoms with Crippen LogP contribution in [0.2, 0.25) is 0 Å². The molecule has 2 aromatic carbocycles. The van der Waals surface area contributed by atoms with E-state index in [0.29, 0.717) is 0 Å². The van der Waals surface area contributed by atoms with Gasteiger partial charge in [-0.25, -0.2) is 0 Å². The molecule has 0 aromatic heterocycles. The molecule has 1 aliphatic heterocycles. The van der Waals surface area contributed by atoms with Crippen LogP contribution in [-0.4, -0.2) is 19.0 Å². The summed E-state index contributed by atoms with van der Waals surface area (Å²) in [7, 11) is 0. The smallest absolute Gasteiger partial charge is 0.244 e. The summed E-state index contributed by atoms with van der Waals surface area (Å²) in [6, 6.07) is 18.4. The van der Waals surface area contributed by atoms with E-state index in [0.717, 1.165) is 30.1 Å². The fraction of sp³-hybridized carbons (Fsp3) is 0.348. The third-order valence-electron chi connectivity index (χ3n) is 5.13. The molecule has 0 radical (unpaired) electrons. The van der Waals surface area contributed by atoms with Crippen LogP contribution in [0.3, 0.4) is 0 Å². The van der Waals surface area contributed by atoms with Crippen LogP contribution in [0.25, 0.3) is 6.08 Å². The Kier molecular flexibility index (Phi) is 6.11. The second-order valence-corrected chi connectivity index (χ2v) is 7.24. The maximum Gasteiger partial charge on any atom is 0.244 e. The third-order valence-corrected chi connectivity index (χ3v) is 5.13. The molecule has 3 rings (SSSR count). The van der Waals surface area contributed by atoms with Crippen molar-refractivity contribution >= 4 is 17.7 Å². The largest absolute Gasteiger partial charge is 0.372 e. The first-order valence-corrected chi connectivity index (χ1v) is 9.50. The molecule has 1 aliphatic rings. The predicted molar refractivity (Wildman–Crippen MR) is 109 cm³/mol. The average Bonchev–Trinajstić information content (AvgIpc) is 2.68. The van der Waals surface area contributed by atoms with Gasteiger partial charge in [0.25, 0.3) is 0 Å². The summed E-state index contributed by atoms with van der Waals surface area (Å²) < 4.78 is 0. The van der Waals surface area contributed by atoms with Gasteiger partial charge in [-0.1, -0.05) is 49.4 Å². The molecule has 1 saturated heterocycles. The van der Waals surface area contributed by atoms with Gasteiger partial charge in [0, 0.05) is 24.9 Å². The van der Waals surface area contributed by atoms with Gasteiger partial charge in [0.2, 0.25) is 5.91 Å². The normalized spacial score (nSPS) is 16.6. The van der Waals surface area contributed by atoms with Crippen molar-refractivity contribution < 1.29 is 4.79 Å². The molecule has 0 saturated carbocycles. The Hall–Kier alpha value is -2.55. The van der Waals surface area contributed by atoms with Crippen molar-refractivity contribution in [2.75, 3.05) is 18.0 Å². The maximum absolute atomic E-state index is 12.1. The highest BCUT2D eigenvalue weighted by atomic mass is 16.1. The van der Waals surface area contributed by atoms with E-state index in [1.54, 1.807) is 6.08 Å². The summed E-state index contributed by atoms with van der Waals surface area (Å²) in [4.78, 5) is 14.6. The molecule has 0 unspecified atom stereocenters. The minimum Gasteiger partial charge on any atom is -0.372 e. The van der Waals surface area contributed by atoms with E-state index in [-0.39, 0.29) is 11.9 Å². The molecule has 1 amide bonds. The van der Waals surface area contributed by atoms with E-state index < -0.39 is 0 Å². The molecule has 1 atom stereocenters. The highest BCUT2D eigenvalue weighted by Crippen LogP contribution is 2.24. The zero-order valence-corrected chi connectivity index (χ0v) is 15.7. The predicted octanol–water partition coefficient (Wildman–Crippen LogP) is 4.81. The topological polar surface area (TPSA) is 32.3 Å². The van der Waals surface area contributed by atoms with Gasteiger partial charge in [-0.2, -0.15) is 0 Å². The standard InChI is InChI=1S/C23H28N2O/c1-18-14-16-25(17-15-18)22-11-9-21(10-12-22)19(2)24-23(26)13-8-20-6-4-3-5-7-20/h3-13,18-19H,14-17H2,1-2H3,(H,24,26)/b13-8+/t19-/m1/s1. The maximum atomic E-state index is 12.1. The summed E-state index contributed by atoms with van der Waals surface area (Å²) in [6.07, 6.45) is 5.96. The SMILES string of the molecule is CC1CCN(c2ccc([C@@H](C)NC(=O)/C=C/c3ccccc3)cc2)CC1. The highest BCUT2D eigenvalue weighted by molar-refractivity contribution is 5.91. The van der Waals surface area contributed by atoms with Crippen molar-refractivity contribution in [3.8, 4) is 0 Å². The Labute approximate surface area is 156 Å². The number of amides is 1. The van der Waals surface area contributed by atoms with Crippen molar-refractivity contribution in [1.82, 2.24) is 5.32 Å². The summed E-state index contributed by atoms with van der Waals surface area (Å²) in [5.74, 6) is 0.764. The van der Waals surface area contributed by atoms with E-state index in [1.165, 1.54) is 18.5 Å². The van der Waals surface area contributed by atoms with Crippen molar-refractivity contribution in [1.29, 1.82) is 0 Å². The molecular formula is C23H28N2O. The zero-order valence-electron chi connectivity index (χ0n) is 15.7. The van der Waals surface area contributed by atoms with Crippen molar-refractivity contribution in [2.24, 2.45) is 5.92 Å². The first-order valence-electron chi connectivity index (χ1n) is 9.50. The fourth-order valence-corrected chi connectivity index (χ4v) is 3.32. The molecule has 26 heavy (non-hydrogen) atoms. The van der Waals surface area contributed by atoms with Gasteiger partial charge < -0.3 is 10.2 Å². The van der Waals surface area contributed by atoms with Crippen molar-refractivity contribution in [2.45, 2.75) is 32.7 Å². The van der Waals surface area contributed by atoms with Crippen LogP contribution in [-0.2, 0) is 4.79 Å². The first-order chi connectivity index (χ1) is 12.6. The molecule has 1 N–H and O–H groups in total. The lowest BCUT2D eigenvalue weighted by atomic mass is 9.98. The molecule has 0 spiro atoms. The highest BCUT2D eigenvalue weighted by Gasteiger charge is 2.16. The molecule has 136 valence electrons. The Morgan fingerprint density at radius 3 is 2.38 bits per heavy atom. The number of carbonyl (C=O) groups excluding carboxylic acids is 1. The van der Waals surface area contributed by atoms with Gasteiger partial charge in [-0.05, 0) is 55.0 Å². The third kappa shape index (κ3) is 4.98. The number of nitrogens with one attached hydrogen (secondary N) is 1. The van der Waals surface area contributed by atoms with Crippen LogP contribution < -0.4 is 10.2 Å². The number of benzene rings is 2. The van der Waals surface area contributed by atoms with Gasteiger partial charge in [0.05, 0.1) is 6.04 Å². The molecule has 0 bridgehead atoms. The molecule has 1 heterocycles. The van der Waals surface area contributed by atoms with Crippen LogP contribution in [0.15, 0.2) is 60.7 Å². The molecule has 3 nitrogen and oxygen atoms in total. The zero-order chi connectivity index (χ0) is 18.4. The lowest BCUT2D eigenvalue weighted by molar-refractivity contribution is -0.117. The number of rotatable bonds is 5. The van der Waals surface area contributed by atoms with E-state index >= 15 is 0 Å². The quantitative estimate of drug-likeness (QED) is 0.786. The molecule has 1 fully saturated rings. The van der Waals surface area contributed by atoms with E-state index in [4.69, 9.17) is 0 Å². The minimum absolute atomic E-state index is 0.0154. The summed E-state index contributed by atoms with van der Waals surface area (Å²) >= 11 is 0. The number of anilines is 1. The lowest BCUT2D eigenvalue weighted by Gasteiger charge is -2.32. The Balaban J connectivity index is 1.55. The average molecular weight is 348 g/mol. The lowest BCUT2D eigenvalue weighted by Crippen LogP contribution is -2.32. The second kappa shape index (κ2) is 8.70. The number of piperidine rings is 1. The second-order valence-electron chi connectivity index (χ2n) is 7.24. The van der Waals surface area contributed by atoms with Crippen LogP contribution >= 0.6 is 0 Å². The number of hydrogen-bond donors (Lipinski definition) is 1. The summed E-state index contributed by atoms with van der Waals surface area (Å²) in [5.41, 5.74) is 3.43.